The van der Waals surface area contributed by atoms with Gasteiger partial charge in [0.2, 0.25) is 0 Å². The van der Waals surface area contributed by atoms with Crippen molar-refractivity contribution in [2.45, 2.75) is 91.4 Å². The van der Waals surface area contributed by atoms with E-state index in [0.717, 1.165) is 23.7 Å². The molecular formula is C23H38O2. The molecule has 0 aliphatic heterocycles. The van der Waals surface area contributed by atoms with Crippen LogP contribution in [-0.4, -0.2) is 11.1 Å². The lowest BCUT2D eigenvalue weighted by Crippen LogP contribution is -2.53. The fourth-order valence-corrected chi connectivity index (χ4v) is 8.69. The maximum Gasteiger partial charge on any atom is 0.303 e. The van der Waals surface area contributed by atoms with E-state index < -0.39 is 5.97 Å². The minimum Gasteiger partial charge on any atom is -0.481 e. The van der Waals surface area contributed by atoms with E-state index in [1.165, 1.54) is 64.2 Å². The molecule has 0 radical (unpaired) electrons. The van der Waals surface area contributed by atoms with Crippen LogP contribution in [0.5, 0.6) is 0 Å². The molecule has 0 bridgehead atoms. The van der Waals surface area contributed by atoms with Crippen LogP contribution in [0, 0.1) is 46.3 Å². The normalized spacial score (nSPS) is 50.4. The third-order valence-electron chi connectivity index (χ3n) is 9.84. The van der Waals surface area contributed by atoms with E-state index in [1.54, 1.807) is 0 Å². The molecule has 4 fully saturated rings. The largest absolute Gasteiger partial charge is 0.481 e. The van der Waals surface area contributed by atoms with Crippen molar-refractivity contribution in [3.63, 3.8) is 0 Å². The van der Waals surface area contributed by atoms with Crippen molar-refractivity contribution < 1.29 is 9.90 Å². The van der Waals surface area contributed by atoms with Crippen molar-refractivity contribution >= 4 is 5.97 Å². The molecule has 1 N–H and O–H groups in total. The minimum absolute atomic E-state index is 0.339. The fraction of sp³-hybridized carbons (Fsp3) is 0.957. The number of carboxylic acid groups (broad SMARTS) is 1. The van der Waals surface area contributed by atoms with Crippen LogP contribution in [0.1, 0.15) is 91.4 Å². The van der Waals surface area contributed by atoms with Gasteiger partial charge in [0.15, 0.2) is 0 Å². The summed E-state index contributed by atoms with van der Waals surface area (Å²) < 4.78 is 0. The van der Waals surface area contributed by atoms with E-state index in [1.807, 2.05) is 0 Å². The first-order valence-electron chi connectivity index (χ1n) is 11.1. The molecule has 0 spiro atoms. The molecule has 0 heterocycles. The number of fused-ring (bicyclic) bond motifs is 5. The monoisotopic (exact) mass is 346 g/mol. The predicted octanol–water partition coefficient (Wildman–Crippen LogP) is 6.15. The van der Waals surface area contributed by atoms with Gasteiger partial charge in [-0.3, -0.25) is 4.79 Å². The van der Waals surface area contributed by atoms with Crippen LogP contribution in [-0.2, 0) is 4.79 Å². The Labute approximate surface area is 154 Å². The van der Waals surface area contributed by atoms with Gasteiger partial charge < -0.3 is 5.11 Å². The molecule has 4 aliphatic rings. The van der Waals surface area contributed by atoms with Gasteiger partial charge in [-0.05, 0) is 97.7 Å². The van der Waals surface area contributed by atoms with Gasteiger partial charge >= 0.3 is 5.97 Å². The summed E-state index contributed by atoms with van der Waals surface area (Å²) in [6.07, 6.45) is 14.6. The number of carboxylic acids is 1. The Balaban J connectivity index is 1.56. The van der Waals surface area contributed by atoms with Gasteiger partial charge in [-0.2, -0.15) is 0 Å². The van der Waals surface area contributed by atoms with E-state index in [-0.39, 0.29) is 0 Å². The zero-order chi connectivity index (χ0) is 17.8. The second kappa shape index (κ2) is 6.27. The summed E-state index contributed by atoms with van der Waals surface area (Å²) in [6.45, 7) is 7.40. The Morgan fingerprint density at radius 2 is 1.72 bits per heavy atom. The highest BCUT2D eigenvalue weighted by Gasteiger charge is 2.60. The van der Waals surface area contributed by atoms with Gasteiger partial charge in [0, 0.05) is 6.42 Å². The van der Waals surface area contributed by atoms with Crippen molar-refractivity contribution in [1.29, 1.82) is 0 Å². The highest BCUT2D eigenvalue weighted by Crippen LogP contribution is 2.68. The van der Waals surface area contributed by atoms with Crippen LogP contribution >= 0.6 is 0 Å². The summed E-state index contributed by atoms with van der Waals surface area (Å²) in [5.41, 5.74) is 1.03. The van der Waals surface area contributed by atoms with Crippen LogP contribution in [0.3, 0.4) is 0 Å². The van der Waals surface area contributed by atoms with E-state index >= 15 is 0 Å². The fourth-order valence-electron chi connectivity index (χ4n) is 8.69. The van der Waals surface area contributed by atoms with Gasteiger partial charge in [-0.1, -0.05) is 33.6 Å². The number of rotatable bonds is 3. The number of carbonyl (C=O) groups is 1. The van der Waals surface area contributed by atoms with Gasteiger partial charge in [0.05, 0.1) is 0 Å². The smallest absolute Gasteiger partial charge is 0.303 e. The van der Waals surface area contributed by atoms with Crippen LogP contribution in [0.25, 0.3) is 0 Å². The van der Waals surface area contributed by atoms with Gasteiger partial charge in [-0.15, -0.1) is 0 Å². The molecule has 2 heteroatoms. The summed E-state index contributed by atoms with van der Waals surface area (Å²) in [5.74, 6) is 4.11. The molecule has 25 heavy (non-hydrogen) atoms. The summed E-state index contributed by atoms with van der Waals surface area (Å²) in [4.78, 5) is 11.3. The second-order valence-electron chi connectivity index (χ2n) is 10.7. The average Bonchev–Trinajstić information content (AvgIpc) is 2.91. The average molecular weight is 347 g/mol. The van der Waals surface area contributed by atoms with E-state index in [2.05, 4.69) is 20.8 Å². The lowest BCUT2D eigenvalue weighted by Gasteiger charge is -2.60. The number of aliphatic carboxylic acids is 1. The Morgan fingerprint density at radius 3 is 2.48 bits per heavy atom. The predicted molar refractivity (Wildman–Crippen MR) is 101 cm³/mol. The first-order valence-corrected chi connectivity index (χ1v) is 11.1. The zero-order valence-electron chi connectivity index (χ0n) is 16.6. The highest BCUT2D eigenvalue weighted by molar-refractivity contribution is 5.67. The van der Waals surface area contributed by atoms with E-state index in [9.17, 15) is 9.90 Å². The first kappa shape index (κ1) is 17.9. The topological polar surface area (TPSA) is 37.3 Å². The van der Waals surface area contributed by atoms with E-state index in [0.29, 0.717) is 29.1 Å². The van der Waals surface area contributed by atoms with Crippen LogP contribution in [0.2, 0.25) is 0 Å². The molecule has 4 saturated carbocycles. The number of hydrogen-bond donors (Lipinski definition) is 1. The Bertz CT molecular complexity index is 528. The van der Waals surface area contributed by atoms with Gasteiger partial charge in [0.1, 0.15) is 0 Å². The molecule has 2 nitrogen and oxygen atoms in total. The van der Waals surface area contributed by atoms with Gasteiger partial charge in [0.25, 0.3) is 0 Å². The van der Waals surface area contributed by atoms with Crippen molar-refractivity contribution in [2.24, 2.45) is 46.3 Å². The molecule has 4 aliphatic carbocycles. The standard InChI is InChI=1S/C23H38O2/c1-15(14-21(24)25)18-9-10-19-17-8-7-16-6-4-5-12-22(16,2)20(17)11-13-23(18,19)3/h15-20H,4-14H2,1-3H3,(H,24,25). The third kappa shape index (κ3) is 2.69. The minimum atomic E-state index is -0.608. The van der Waals surface area contributed by atoms with Crippen molar-refractivity contribution in [3.05, 3.63) is 0 Å². The zero-order valence-corrected chi connectivity index (χ0v) is 16.6. The molecule has 142 valence electrons. The van der Waals surface area contributed by atoms with Crippen molar-refractivity contribution in [1.82, 2.24) is 0 Å². The maximum absolute atomic E-state index is 11.3. The number of hydrogen-bond acceptors (Lipinski definition) is 1. The SMILES string of the molecule is CC(CC(=O)O)C1CCC2C3CCC4CCCCC4(C)C3CCC12C. The highest BCUT2D eigenvalue weighted by atomic mass is 16.4. The lowest BCUT2D eigenvalue weighted by molar-refractivity contribution is -0.139. The Morgan fingerprint density at radius 1 is 0.960 bits per heavy atom. The Kier molecular flexibility index (Phi) is 4.48. The molecule has 0 amide bonds. The molecule has 0 aromatic heterocycles. The van der Waals surface area contributed by atoms with Crippen molar-refractivity contribution in [2.75, 3.05) is 0 Å². The summed E-state index contributed by atoms with van der Waals surface area (Å²) in [5, 5.41) is 9.27. The van der Waals surface area contributed by atoms with Crippen LogP contribution in [0.4, 0.5) is 0 Å². The summed E-state index contributed by atoms with van der Waals surface area (Å²) >= 11 is 0. The maximum atomic E-state index is 11.3. The van der Waals surface area contributed by atoms with Crippen molar-refractivity contribution in [3.8, 4) is 0 Å². The molecular weight excluding hydrogens is 308 g/mol. The molecule has 4 rings (SSSR count). The molecule has 0 saturated heterocycles. The summed E-state index contributed by atoms with van der Waals surface area (Å²) in [6, 6.07) is 0. The Hall–Kier alpha value is -0.530. The van der Waals surface area contributed by atoms with Gasteiger partial charge in [-0.25, -0.2) is 0 Å². The second-order valence-corrected chi connectivity index (χ2v) is 10.7. The molecule has 0 aromatic rings. The van der Waals surface area contributed by atoms with Crippen LogP contribution in [0.15, 0.2) is 0 Å². The summed E-state index contributed by atoms with van der Waals surface area (Å²) in [7, 11) is 0. The third-order valence-corrected chi connectivity index (χ3v) is 9.84. The molecule has 0 aromatic carbocycles. The lowest BCUT2D eigenvalue weighted by atomic mass is 9.44. The van der Waals surface area contributed by atoms with E-state index in [4.69, 9.17) is 0 Å². The quantitative estimate of drug-likeness (QED) is 0.666. The molecule has 8 atom stereocenters. The van der Waals surface area contributed by atoms with Crippen LogP contribution < -0.4 is 0 Å². The first-order chi connectivity index (χ1) is 11.9. The molecule has 8 unspecified atom stereocenters.